The molecule has 4 nitrogen and oxygen atoms in total. The first-order valence-corrected chi connectivity index (χ1v) is 6.83. The van der Waals surface area contributed by atoms with Crippen LogP contribution in [-0.2, 0) is 6.54 Å². The summed E-state index contributed by atoms with van der Waals surface area (Å²) in [6.07, 6.45) is 0. The molecular weight excluding hydrogens is 264 g/mol. The maximum atomic E-state index is 12.2. The molecule has 0 fully saturated rings. The van der Waals surface area contributed by atoms with Crippen LogP contribution in [0.15, 0.2) is 46.9 Å². The summed E-state index contributed by atoms with van der Waals surface area (Å²) in [7, 11) is 0. The number of nitrogens with zero attached hydrogens (tertiary/aromatic N) is 1. The second-order valence-corrected chi connectivity index (χ2v) is 5.08. The van der Waals surface area contributed by atoms with E-state index in [9.17, 15) is 4.79 Å². The van der Waals surface area contributed by atoms with Gasteiger partial charge in [-0.05, 0) is 30.7 Å². The molecule has 0 radical (unpaired) electrons. The average Bonchev–Trinajstić information content (AvgIpc) is 2.85. The summed E-state index contributed by atoms with van der Waals surface area (Å²) >= 11 is 0. The van der Waals surface area contributed by atoms with Crippen LogP contribution in [0.2, 0.25) is 0 Å². The molecular formula is C17H16N2O2. The number of hydrogen-bond acceptors (Lipinski definition) is 3. The van der Waals surface area contributed by atoms with Gasteiger partial charge < -0.3 is 9.73 Å². The molecule has 0 aliphatic carbocycles. The number of amides is 1. The van der Waals surface area contributed by atoms with Crippen molar-refractivity contribution in [3.05, 3.63) is 65.0 Å². The van der Waals surface area contributed by atoms with Gasteiger partial charge in [0.1, 0.15) is 5.52 Å². The predicted octanol–water partition coefficient (Wildman–Crippen LogP) is 3.37. The van der Waals surface area contributed by atoms with Crippen molar-refractivity contribution < 1.29 is 9.21 Å². The highest BCUT2D eigenvalue weighted by Gasteiger charge is 2.09. The molecule has 1 aromatic heterocycles. The number of carbonyl (C=O) groups excluding carboxylic acids is 1. The van der Waals surface area contributed by atoms with Gasteiger partial charge >= 0.3 is 0 Å². The molecule has 0 saturated heterocycles. The van der Waals surface area contributed by atoms with Crippen molar-refractivity contribution in [2.75, 3.05) is 0 Å². The maximum Gasteiger partial charge on any atom is 0.251 e. The zero-order chi connectivity index (χ0) is 14.8. The Hall–Kier alpha value is -2.62. The molecule has 4 heteroatoms. The Morgan fingerprint density at radius 1 is 1.14 bits per heavy atom. The van der Waals surface area contributed by atoms with Gasteiger partial charge in [0.25, 0.3) is 5.91 Å². The fourth-order valence-electron chi connectivity index (χ4n) is 2.17. The molecule has 0 saturated carbocycles. The molecule has 1 amide bonds. The third kappa shape index (κ3) is 2.94. The number of fused-ring (bicyclic) bond motifs is 1. The molecule has 3 aromatic rings. The molecule has 2 aromatic carbocycles. The lowest BCUT2D eigenvalue weighted by molar-refractivity contribution is 0.0951. The second kappa shape index (κ2) is 5.40. The van der Waals surface area contributed by atoms with Crippen molar-refractivity contribution in [2.24, 2.45) is 0 Å². The summed E-state index contributed by atoms with van der Waals surface area (Å²) in [4.78, 5) is 16.4. The molecule has 0 aliphatic rings. The van der Waals surface area contributed by atoms with E-state index >= 15 is 0 Å². The smallest absolute Gasteiger partial charge is 0.251 e. The molecule has 106 valence electrons. The van der Waals surface area contributed by atoms with Crippen LogP contribution in [0.3, 0.4) is 0 Å². The van der Waals surface area contributed by atoms with Crippen LogP contribution in [0.4, 0.5) is 0 Å². The number of oxazole rings is 1. The van der Waals surface area contributed by atoms with E-state index in [1.807, 2.05) is 31.2 Å². The van der Waals surface area contributed by atoms with Gasteiger partial charge in [-0.1, -0.05) is 29.8 Å². The van der Waals surface area contributed by atoms with Crippen LogP contribution in [0.5, 0.6) is 0 Å². The zero-order valence-corrected chi connectivity index (χ0v) is 12.0. The van der Waals surface area contributed by atoms with Crippen molar-refractivity contribution in [1.29, 1.82) is 0 Å². The SMILES string of the molecule is Cc1ccc(CNC(=O)c2ccc3oc(C)nc3c2)cc1. The summed E-state index contributed by atoms with van der Waals surface area (Å²) < 4.78 is 5.40. The molecule has 21 heavy (non-hydrogen) atoms. The lowest BCUT2D eigenvalue weighted by atomic mass is 10.1. The van der Waals surface area contributed by atoms with Crippen LogP contribution in [0.25, 0.3) is 11.1 Å². The van der Waals surface area contributed by atoms with E-state index in [2.05, 4.69) is 10.3 Å². The number of carbonyl (C=O) groups is 1. The monoisotopic (exact) mass is 280 g/mol. The van der Waals surface area contributed by atoms with E-state index in [1.54, 1.807) is 25.1 Å². The van der Waals surface area contributed by atoms with Gasteiger partial charge in [0.05, 0.1) is 0 Å². The standard InChI is InChI=1S/C17H16N2O2/c1-11-3-5-13(6-4-11)10-18-17(20)14-7-8-16-15(9-14)19-12(2)21-16/h3-9H,10H2,1-2H3,(H,18,20). The van der Waals surface area contributed by atoms with Gasteiger partial charge in [-0.3, -0.25) is 4.79 Å². The normalized spacial score (nSPS) is 10.8. The van der Waals surface area contributed by atoms with E-state index in [0.717, 1.165) is 5.56 Å². The third-order valence-corrected chi connectivity index (χ3v) is 3.33. The van der Waals surface area contributed by atoms with Crippen molar-refractivity contribution in [1.82, 2.24) is 10.3 Å². The lowest BCUT2D eigenvalue weighted by Gasteiger charge is -2.05. The minimum Gasteiger partial charge on any atom is -0.441 e. The quantitative estimate of drug-likeness (QED) is 0.800. The van der Waals surface area contributed by atoms with E-state index in [1.165, 1.54) is 5.56 Å². The molecule has 1 heterocycles. The average molecular weight is 280 g/mol. The third-order valence-electron chi connectivity index (χ3n) is 3.33. The summed E-state index contributed by atoms with van der Waals surface area (Å²) in [5.74, 6) is 0.486. The summed E-state index contributed by atoms with van der Waals surface area (Å²) in [5, 5.41) is 2.91. The number of aromatic nitrogens is 1. The number of nitrogens with one attached hydrogen (secondary N) is 1. The first-order chi connectivity index (χ1) is 10.1. The fraction of sp³-hybridized carbons (Fsp3) is 0.176. The molecule has 1 N–H and O–H groups in total. The van der Waals surface area contributed by atoms with Crippen LogP contribution in [0.1, 0.15) is 27.4 Å². The summed E-state index contributed by atoms with van der Waals surface area (Å²) in [6.45, 7) is 4.34. The van der Waals surface area contributed by atoms with Crippen LogP contribution < -0.4 is 5.32 Å². The Kier molecular flexibility index (Phi) is 3.44. The molecule has 0 atom stereocenters. The topological polar surface area (TPSA) is 55.1 Å². The minimum atomic E-state index is -0.113. The second-order valence-electron chi connectivity index (χ2n) is 5.08. The Morgan fingerprint density at radius 3 is 2.67 bits per heavy atom. The van der Waals surface area contributed by atoms with Crippen molar-refractivity contribution >= 4 is 17.0 Å². The van der Waals surface area contributed by atoms with Gasteiger partial charge in [0.2, 0.25) is 0 Å². The zero-order valence-electron chi connectivity index (χ0n) is 12.0. The van der Waals surface area contributed by atoms with Gasteiger partial charge in [-0.2, -0.15) is 0 Å². The van der Waals surface area contributed by atoms with Gasteiger partial charge in [0, 0.05) is 19.0 Å². The van der Waals surface area contributed by atoms with Crippen molar-refractivity contribution in [2.45, 2.75) is 20.4 Å². The first-order valence-electron chi connectivity index (χ1n) is 6.83. The molecule has 0 bridgehead atoms. The van der Waals surface area contributed by atoms with E-state index < -0.39 is 0 Å². The Bertz CT molecular complexity index is 788. The largest absolute Gasteiger partial charge is 0.441 e. The maximum absolute atomic E-state index is 12.2. The summed E-state index contributed by atoms with van der Waals surface area (Å²) in [6, 6.07) is 13.4. The van der Waals surface area contributed by atoms with Gasteiger partial charge in [-0.25, -0.2) is 4.98 Å². The highest BCUT2D eigenvalue weighted by molar-refractivity contribution is 5.97. The van der Waals surface area contributed by atoms with E-state index in [0.29, 0.717) is 29.1 Å². The number of benzene rings is 2. The van der Waals surface area contributed by atoms with E-state index in [4.69, 9.17) is 4.42 Å². The van der Waals surface area contributed by atoms with Crippen LogP contribution in [0, 0.1) is 13.8 Å². The number of aryl methyl sites for hydroxylation is 2. The Balaban J connectivity index is 1.72. The van der Waals surface area contributed by atoms with E-state index in [-0.39, 0.29) is 5.91 Å². The molecule has 3 rings (SSSR count). The van der Waals surface area contributed by atoms with Gasteiger partial charge in [0.15, 0.2) is 11.5 Å². The van der Waals surface area contributed by atoms with Crippen LogP contribution in [-0.4, -0.2) is 10.9 Å². The highest BCUT2D eigenvalue weighted by atomic mass is 16.3. The summed E-state index contributed by atoms with van der Waals surface area (Å²) in [5.41, 5.74) is 4.27. The Labute approximate surface area is 122 Å². The van der Waals surface area contributed by atoms with Gasteiger partial charge in [-0.15, -0.1) is 0 Å². The predicted molar refractivity (Wildman–Crippen MR) is 81.1 cm³/mol. The molecule has 0 aliphatic heterocycles. The fourth-order valence-corrected chi connectivity index (χ4v) is 2.17. The first kappa shape index (κ1) is 13.4. The van der Waals surface area contributed by atoms with Crippen molar-refractivity contribution in [3.8, 4) is 0 Å². The Morgan fingerprint density at radius 2 is 1.90 bits per heavy atom. The van der Waals surface area contributed by atoms with Crippen LogP contribution >= 0.6 is 0 Å². The molecule has 0 spiro atoms. The van der Waals surface area contributed by atoms with Crippen molar-refractivity contribution in [3.63, 3.8) is 0 Å². The highest BCUT2D eigenvalue weighted by Crippen LogP contribution is 2.16. The lowest BCUT2D eigenvalue weighted by Crippen LogP contribution is -2.22. The number of rotatable bonds is 3. The number of hydrogen-bond donors (Lipinski definition) is 1. The minimum absolute atomic E-state index is 0.113. The molecule has 0 unspecified atom stereocenters.